The number of ether oxygens (including phenoxy) is 1. The summed E-state index contributed by atoms with van der Waals surface area (Å²) >= 11 is 5.96. The highest BCUT2D eigenvalue weighted by Crippen LogP contribution is 2.23. The van der Waals surface area contributed by atoms with Gasteiger partial charge in [0.25, 0.3) is 0 Å². The van der Waals surface area contributed by atoms with Crippen LogP contribution in [0.1, 0.15) is 31.4 Å². The Hall–Kier alpha value is -1.37. The van der Waals surface area contributed by atoms with Crippen LogP contribution >= 0.6 is 11.6 Å². The first-order valence-electron chi connectivity index (χ1n) is 7.19. The van der Waals surface area contributed by atoms with E-state index in [4.69, 9.17) is 16.3 Å². The lowest BCUT2D eigenvalue weighted by atomic mass is 9.94. The highest BCUT2D eigenvalue weighted by Gasteiger charge is 2.30. The van der Waals surface area contributed by atoms with E-state index in [1.807, 2.05) is 0 Å². The van der Waals surface area contributed by atoms with Crippen molar-refractivity contribution >= 4 is 17.6 Å². The molecule has 122 valence electrons. The molecule has 0 radical (unpaired) electrons. The number of nitrogens with one attached hydrogen (secondary N) is 2. The number of benzene rings is 1. The van der Waals surface area contributed by atoms with Crippen molar-refractivity contribution in [1.82, 2.24) is 10.6 Å². The summed E-state index contributed by atoms with van der Waals surface area (Å²) in [6.07, 6.45) is 0.985. The molecule has 1 saturated heterocycles. The summed E-state index contributed by atoms with van der Waals surface area (Å²) in [5.74, 6) is -0.424. The van der Waals surface area contributed by atoms with Crippen LogP contribution in [0.3, 0.4) is 0 Å². The molecule has 0 saturated carbocycles. The molecule has 1 unspecified atom stereocenters. The lowest BCUT2D eigenvalue weighted by Gasteiger charge is -2.32. The molecule has 2 amide bonds. The second-order valence-electron chi connectivity index (χ2n) is 5.55. The van der Waals surface area contributed by atoms with Gasteiger partial charge in [0.1, 0.15) is 5.82 Å². The summed E-state index contributed by atoms with van der Waals surface area (Å²) in [6, 6.07) is 3.25. The standard InChI is InChI=1S/C15H20ClFN2O3/c1-10(12-3-2-11(17)8-13(12)16)19-14(20)18-9-15(21)4-6-22-7-5-15/h2-3,8,10,21H,4-7,9H2,1H3,(H2,18,19,20). The van der Waals surface area contributed by atoms with Gasteiger partial charge < -0.3 is 20.5 Å². The monoisotopic (exact) mass is 330 g/mol. The summed E-state index contributed by atoms with van der Waals surface area (Å²) in [7, 11) is 0. The number of hydrogen-bond donors (Lipinski definition) is 3. The molecule has 3 N–H and O–H groups in total. The summed E-state index contributed by atoms with van der Waals surface area (Å²) < 4.78 is 18.2. The quantitative estimate of drug-likeness (QED) is 0.794. The van der Waals surface area contributed by atoms with Gasteiger partial charge in [0, 0.05) is 37.6 Å². The van der Waals surface area contributed by atoms with Gasteiger partial charge in [-0.05, 0) is 24.6 Å². The van der Waals surface area contributed by atoms with Crippen LogP contribution in [0.5, 0.6) is 0 Å². The Balaban J connectivity index is 1.86. The van der Waals surface area contributed by atoms with Gasteiger partial charge >= 0.3 is 6.03 Å². The van der Waals surface area contributed by atoms with Crippen molar-refractivity contribution in [2.24, 2.45) is 0 Å². The Morgan fingerprint density at radius 2 is 2.18 bits per heavy atom. The van der Waals surface area contributed by atoms with Crippen LogP contribution < -0.4 is 10.6 Å². The minimum absolute atomic E-state index is 0.159. The highest BCUT2D eigenvalue weighted by molar-refractivity contribution is 6.31. The molecular weight excluding hydrogens is 311 g/mol. The van der Waals surface area contributed by atoms with Crippen LogP contribution in [0.2, 0.25) is 5.02 Å². The Morgan fingerprint density at radius 3 is 2.82 bits per heavy atom. The Labute approximate surface area is 133 Å². The van der Waals surface area contributed by atoms with Crippen LogP contribution in [0.25, 0.3) is 0 Å². The molecule has 1 aliphatic heterocycles. The molecule has 0 bridgehead atoms. The molecule has 0 aliphatic carbocycles. The van der Waals surface area contributed by atoms with E-state index in [0.29, 0.717) is 31.6 Å². The molecule has 0 spiro atoms. The van der Waals surface area contributed by atoms with Gasteiger partial charge in [-0.2, -0.15) is 0 Å². The van der Waals surface area contributed by atoms with Gasteiger partial charge in [-0.15, -0.1) is 0 Å². The molecule has 1 aliphatic rings. The fourth-order valence-corrected chi connectivity index (χ4v) is 2.68. The molecule has 2 rings (SSSR count). The molecule has 0 aromatic heterocycles. The van der Waals surface area contributed by atoms with Crippen molar-refractivity contribution in [3.8, 4) is 0 Å². The molecule has 1 fully saturated rings. The number of hydrogen-bond acceptors (Lipinski definition) is 3. The van der Waals surface area contributed by atoms with Gasteiger partial charge in [-0.25, -0.2) is 9.18 Å². The van der Waals surface area contributed by atoms with Crippen LogP contribution in [-0.4, -0.2) is 36.5 Å². The Morgan fingerprint density at radius 1 is 1.50 bits per heavy atom. The summed E-state index contributed by atoms with van der Waals surface area (Å²) in [5, 5.41) is 15.9. The smallest absolute Gasteiger partial charge is 0.315 e. The maximum atomic E-state index is 13.0. The number of halogens is 2. The zero-order chi connectivity index (χ0) is 16.2. The largest absolute Gasteiger partial charge is 0.388 e. The second-order valence-corrected chi connectivity index (χ2v) is 5.96. The number of carbonyl (C=O) groups excluding carboxylic acids is 1. The minimum Gasteiger partial charge on any atom is -0.388 e. The van der Waals surface area contributed by atoms with E-state index in [9.17, 15) is 14.3 Å². The van der Waals surface area contributed by atoms with Gasteiger partial charge in [0.15, 0.2) is 0 Å². The van der Waals surface area contributed by atoms with Gasteiger partial charge in [-0.3, -0.25) is 0 Å². The third-order valence-corrected chi connectivity index (χ3v) is 4.11. The summed E-state index contributed by atoms with van der Waals surface area (Å²) in [5.41, 5.74) is -0.296. The van der Waals surface area contributed by atoms with Crippen molar-refractivity contribution in [2.45, 2.75) is 31.4 Å². The van der Waals surface area contributed by atoms with E-state index in [2.05, 4.69) is 10.6 Å². The molecule has 1 heterocycles. The fraction of sp³-hybridized carbons (Fsp3) is 0.533. The number of carbonyl (C=O) groups is 1. The topological polar surface area (TPSA) is 70.6 Å². The van der Waals surface area contributed by atoms with E-state index in [-0.39, 0.29) is 17.6 Å². The molecule has 5 nitrogen and oxygen atoms in total. The van der Waals surface area contributed by atoms with Gasteiger partial charge in [0.2, 0.25) is 0 Å². The molecule has 1 aromatic carbocycles. The number of rotatable bonds is 4. The van der Waals surface area contributed by atoms with E-state index >= 15 is 0 Å². The lowest BCUT2D eigenvalue weighted by molar-refractivity contribution is -0.0600. The van der Waals surface area contributed by atoms with E-state index in [1.54, 1.807) is 6.92 Å². The Kier molecular flexibility index (Phi) is 5.61. The van der Waals surface area contributed by atoms with Crippen LogP contribution in [-0.2, 0) is 4.74 Å². The van der Waals surface area contributed by atoms with Crippen molar-refractivity contribution in [1.29, 1.82) is 0 Å². The normalized spacial score (nSPS) is 18.5. The maximum absolute atomic E-state index is 13.0. The number of aliphatic hydroxyl groups is 1. The van der Waals surface area contributed by atoms with E-state index in [1.165, 1.54) is 18.2 Å². The first-order chi connectivity index (χ1) is 10.4. The first-order valence-corrected chi connectivity index (χ1v) is 7.57. The highest BCUT2D eigenvalue weighted by atomic mass is 35.5. The average molecular weight is 331 g/mol. The second kappa shape index (κ2) is 7.26. The average Bonchev–Trinajstić information content (AvgIpc) is 2.46. The van der Waals surface area contributed by atoms with E-state index < -0.39 is 17.4 Å². The maximum Gasteiger partial charge on any atom is 0.315 e. The summed E-state index contributed by atoms with van der Waals surface area (Å²) in [6.45, 7) is 2.89. The lowest BCUT2D eigenvalue weighted by Crippen LogP contribution is -2.49. The SMILES string of the molecule is CC(NC(=O)NCC1(O)CCOCC1)c1ccc(F)cc1Cl. The van der Waals surface area contributed by atoms with Crippen LogP contribution in [0.4, 0.5) is 9.18 Å². The molecular formula is C15H20ClFN2O3. The first kappa shape index (κ1) is 17.0. The number of urea groups is 1. The predicted molar refractivity (Wildman–Crippen MR) is 81.4 cm³/mol. The zero-order valence-electron chi connectivity index (χ0n) is 12.4. The predicted octanol–water partition coefficient (Wildman–Crippen LogP) is 2.38. The fourth-order valence-electron chi connectivity index (χ4n) is 2.35. The third-order valence-electron chi connectivity index (χ3n) is 3.78. The van der Waals surface area contributed by atoms with Crippen LogP contribution in [0, 0.1) is 5.82 Å². The van der Waals surface area contributed by atoms with Crippen molar-refractivity contribution in [3.63, 3.8) is 0 Å². The minimum atomic E-state index is -0.924. The van der Waals surface area contributed by atoms with E-state index in [0.717, 1.165) is 0 Å². The molecule has 1 aromatic rings. The molecule has 7 heteroatoms. The van der Waals surface area contributed by atoms with Crippen molar-refractivity contribution in [3.05, 3.63) is 34.6 Å². The number of amides is 2. The summed E-state index contributed by atoms with van der Waals surface area (Å²) in [4.78, 5) is 11.9. The van der Waals surface area contributed by atoms with Crippen molar-refractivity contribution < 1.29 is 19.0 Å². The third kappa shape index (κ3) is 4.56. The Bertz CT molecular complexity index is 536. The zero-order valence-corrected chi connectivity index (χ0v) is 13.1. The molecule has 22 heavy (non-hydrogen) atoms. The van der Waals surface area contributed by atoms with Crippen molar-refractivity contribution in [2.75, 3.05) is 19.8 Å². The molecule has 1 atom stereocenters. The van der Waals surface area contributed by atoms with Gasteiger partial charge in [-0.1, -0.05) is 17.7 Å². The van der Waals surface area contributed by atoms with Gasteiger partial charge in [0.05, 0.1) is 11.6 Å². The van der Waals surface area contributed by atoms with Crippen LogP contribution in [0.15, 0.2) is 18.2 Å².